The lowest BCUT2D eigenvalue weighted by atomic mass is 10.1. The van der Waals surface area contributed by atoms with Crippen molar-refractivity contribution in [3.05, 3.63) is 64.7 Å². The fraction of sp³-hybridized carbons (Fsp3) is 0.273. The topological polar surface area (TPSA) is 125 Å². The van der Waals surface area contributed by atoms with Crippen LogP contribution in [0.15, 0.2) is 42.5 Å². The van der Waals surface area contributed by atoms with E-state index in [1.54, 1.807) is 31.4 Å². The number of nitrogens with zero attached hydrogens (tertiary/aromatic N) is 1. The summed E-state index contributed by atoms with van der Waals surface area (Å²) in [6.45, 7) is 0.376. The number of amides is 3. The second-order valence-corrected chi connectivity index (χ2v) is 6.85. The van der Waals surface area contributed by atoms with Crippen molar-refractivity contribution in [2.24, 2.45) is 5.73 Å². The average Bonchev–Trinajstić information content (AvgIpc) is 3.00. The van der Waals surface area contributed by atoms with Crippen LogP contribution < -0.4 is 10.5 Å². The highest BCUT2D eigenvalue weighted by Gasteiger charge is 2.35. The number of benzene rings is 2. The number of methoxy groups -OCH3 is 1. The molecule has 2 N–H and O–H groups in total. The van der Waals surface area contributed by atoms with Gasteiger partial charge in [-0.2, -0.15) is 0 Å². The molecule has 0 fully saturated rings. The van der Waals surface area contributed by atoms with E-state index in [0.717, 1.165) is 4.90 Å². The summed E-state index contributed by atoms with van der Waals surface area (Å²) in [4.78, 5) is 49.4. The lowest BCUT2D eigenvalue weighted by molar-refractivity contribution is -0.119. The smallest absolute Gasteiger partial charge is 0.338 e. The van der Waals surface area contributed by atoms with E-state index in [4.69, 9.17) is 19.9 Å². The molecule has 9 nitrogen and oxygen atoms in total. The predicted octanol–water partition coefficient (Wildman–Crippen LogP) is 1.54. The molecule has 31 heavy (non-hydrogen) atoms. The highest BCUT2D eigenvalue weighted by atomic mass is 16.5. The van der Waals surface area contributed by atoms with Gasteiger partial charge in [-0.05, 0) is 42.3 Å². The minimum absolute atomic E-state index is 0.0420. The Morgan fingerprint density at radius 2 is 1.81 bits per heavy atom. The zero-order chi connectivity index (χ0) is 22.4. The van der Waals surface area contributed by atoms with E-state index in [0.29, 0.717) is 24.3 Å². The molecular formula is C22H22N2O7. The number of primary amides is 1. The van der Waals surface area contributed by atoms with E-state index in [1.807, 2.05) is 0 Å². The predicted molar refractivity (Wildman–Crippen MR) is 109 cm³/mol. The molecule has 0 unspecified atom stereocenters. The number of imide groups is 1. The van der Waals surface area contributed by atoms with Gasteiger partial charge in [-0.25, -0.2) is 4.79 Å². The summed E-state index contributed by atoms with van der Waals surface area (Å²) >= 11 is 0. The third-order valence-electron chi connectivity index (χ3n) is 4.59. The Morgan fingerprint density at radius 1 is 1.03 bits per heavy atom. The number of ether oxygens (including phenoxy) is 3. The van der Waals surface area contributed by atoms with Crippen molar-refractivity contribution < 1.29 is 33.4 Å². The van der Waals surface area contributed by atoms with Gasteiger partial charge in [-0.1, -0.05) is 12.1 Å². The lowest BCUT2D eigenvalue weighted by Gasteiger charge is -2.12. The molecule has 0 saturated carbocycles. The molecule has 0 atom stereocenters. The van der Waals surface area contributed by atoms with Crippen LogP contribution in [0.2, 0.25) is 0 Å². The SMILES string of the molecule is COCCCN1C(=O)c2ccc(C(=O)OCc3cccc(OCC(N)=O)c3)cc2C1=O. The minimum atomic E-state index is -0.635. The number of hydrogen-bond acceptors (Lipinski definition) is 7. The molecular weight excluding hydrogens is 404 g/mol. The molecule has 1 heterocycles. The Hall–Kier alpha value is -3.72. The van der Waals surface area contributed by atoms with Gasteiger partial charge in [0, 0.05) is 20.3 Å². The standard InChI is InChI=1S/C22H22N2O7/c1-29-9-3-8-24-20(26)17-7-6-15(11-18(17)21(24)27)22(28)31-12-14-4-2-5-16(10-14)30-13-19(23)25/h2,4-7,10-11H,3,8-9,12-13H2,1H3,(H2,23,25). The van der Waals surface area contributed by atoms with E-state index >= 15 is 0 Å². The molecule has 3 amide bonds. The first-order valence-electron chi connectivity index (χ1n) is 9.57. The summed E-state index contributed by atoms with van der Waals surface area (Å²) in [6, 6.07) is 11.0. The van der Waals surface area contributed by atoms with E-state index in [9.17, 15) is 19.2 Å². The normalized spacial score (nSPS) is 12.6. The van der Waals surface area contributed by atoms with Crippen molar-refractivity contribution >= 4 is 23.7 Å². The number of carbonyl (C=O) groups excluding carboxylic acids is 4. The Balaban J connectivity index is 1.64. The second kappa shape index (κ2) is 9.86. The van der Waals surface area contributed by atoms with Crippen molar-refractivity contribution in [2.75, 3.05) is 26.9 Å². The summed E-state index contributed by atoms with van der Waals surface area (Å²) in [7, 11) is 1.55. The Kier molecular flexibility index (Phi) is 6.99. The highest BCUT2D eigenvalue weighted by Crippen LogP contribution is 2.25. The maximum Gasteiger partial charge on any atom is 0.338 e. The van der Waals surface area contributed by atoms with Crippen LogP contribution in [0.4, 0.5) is 0 Å². The van der Waals surface area contributed by atoms with Crippen LogP contribution in [0.5, 0.6) is 5.75 Å². The molecule has 1 aliphatic heterocycles. The zero-order valence-corrected chi connectivity index (χ0v) is 17.0. The van der Waals surface area contributed by atoms with Gasteiger partial charge < -0.3 is 19.9 Å². The van der Waals surface area contributed by atoms with Gasteiger partial charge >= 0.3 is 5.97 Å². The second-order valence-electron chi connectivity index (χ2n) is 6.85. The van der Waals surface area contributed by atoms with Gasteiger partial charge in [-0.3, -0.25) is 19.3 Å². The van der Waals surface area contributed by atoms with Crippen LogP contribution in [0.3, 0.4) is 0 Å². The number of esters is 1. The molecule has 0 aliphatic carbocycles. The average molecular weight is 426 g/mol. The van der Waals surface area contributed by atoms with E-state index < -0.39 is 17.8 Å². The zero-order valence-electron chi connectivity index (χ0n) is 17.0. The molecule has 2 aromatic rings. The number of carbonyl (C=O) groups is 4. The number of nitrogens with two attached hydrogens (primary N) is 1. The van der Waals surface area contributed by atoms with Gasteiger partial charge in [0.1, 0.15) is 12.4 Å². The van der Waals surface area contributed by atoms with Crippen molar-refractivity contribution in [2.45, 2.75) is 13.0 Å². The fourth-order valence-electron chi connectivity index (χ4n) is 3.10. The van der Waals surface area contributed by atoms with E-state index in [-0.39, 0.29) is 42.4 Å². The van der Waals surface area contributed by atoms with Gasteiger partial charge in [0.2, 0.25) is 0 Å². The summed E-state index contributed by atoms with van der Waals surface area (Å²) in [5, 5.41) is 0. The minimum Gasteiger partial charge on any atom is -0.484 e. The number of fused-ring (bicyclic) bond motifs is 1. The summed E-state index contributed by atoms with van der Waals surface area (Å²) in [5.74, 6) is -1.64. The summed E-state index contributed by atoms with van der Waals surface area (Å²) in [5.41, 5.74) is 6.30. The van der Waals surface area contributed by atoms with E-state index in [1.165, 1.54) is 18.2 Å². The third kappa shape index (κ3) is 5.26. The molecule has 0 radical (unpaired) electrons. The Morgan fingerprint density at radius 3 is 2.55 bits per heavy atom. The maximum absolute atomic E-state index is 12.6. The van der Waals surface area contributed by atoms with Crippen LogP contribution in [0.25, 0.3) is 0 Å². The molecule has 1 aliphatic rings. The van der Waals surface area contributed by atoms with E-state index in [2.05, 4.69) is 0 Å². The van der Waals surface area contributed by atoms with Crippen LogP contribution in [0, 0.1) is 0 Å². The van der Waals surface area contributed by atoms with Crippen LogP contribution in [0.1, 0.15) is 43.1 Å². The van der Waals surface area contributed by atoms with Gasteiger partial charge in [0.05, 0.1) is 16.7 Å². The number of hydrogen-bond donors (Lipinski definition) is 1. The molecule has 3 rings (SSSR count). The van der Waals surface area contributed by atoms with Gasteiger partial charge in [-0.15, -0.1) is 0 Å². The Labute approximate surface area is 178 Å². The molecule has 0 aromatic heterocycles. The summed E-state index contributed by atoms with van der Waals surface area (Å²) in [6.07, 6.45) is 0.527. The third-order valence-corrected chi connectivity index (χ3v) is 4.59. The van der Waals surface area contributed by atoms with Crippen LogP contribution in [-0.2, 0) is 20.9 Å². The number of rotatable bonds is 10. The molecule has 9 heteroatoms. The molecule has 0 saturated heterocycles. The first kappa shape index (κ1) is 22.0. The van der Waals surface area contributed by atoms with Crippen LogP contribution in [-0.4, -0.2) is 55.5 Å². The quantitative estimate of drug-likeness (QED) is 0.347. The maximum atomic E-state index is 12.6. The van der Waals surface area contributed by atoms with Gasteiger partial charge in [0.25, 0.3) is 17.7 Å². The molecule has 0 spiro atoms. The van der Waals surface area contributed by atoms with Crippen molar-refractivity contribution in [1.29, 1.82) is 0 Å². The first-order valence-corrected chi connectivity index (χ1v) is 9.57. The fourth-order valence-corrected chi connectivity index (χ4v) is 3.10. The van der Waals surface area contributed by atoms with Crippen molar-refractivity contribution in [1.82, 2.24) is 4.90 Å². The largest absolute Gasteiger partial charge is 0.484 e. The van der Waals surface area contributed by atoms with Crippen molar-refractivity contribution in [3.8, 4) is 5.75 Å². The van der Waals surface area contributed by atoms with Crippen molar-refractivity contribution in [3.63, 3.8) is 0 Å². The first-order chi connectivity index (χ1) is 14.9. The Bertz CT molecular complexity index is 1020. The monoisotopic (exact) mass is 426 g/mol. The lowest BCUT2D eigenvalue weighted by Crippen LogP contribution is -2.31. The summed E-state index contributed by atoms with van der Waals surface area (Å²) < 4.78 is 15.5. The van der Waals surface area contributed by atoms with Gasteiger partial charge in [0.15, 0.2) is 6.61 Å². The molecule has 2 aromatic carbocycles. The molecule has 0 bridgehead atoms. The molecule has 162 valence electrons. The van der Waals surface area contributed by atoms with Crippen LogP contribution >= 0.6 is 0 Å². The highest BCUT2D eigenvalue weighted by molar-refractivity contribution is 6.21.